The molecular weight excluding hydrogens is 413 g/mol. The molecule has 0 bridgehead atoms. The van der Waals surface area contributed by atoms with Gasteiger partial charge in [0.15, 0.2) is 11.5 Å². The zero-order valence-corrected chi connectivity index (χ0v) is 16.3. The Balaban J connectivity index is 1.25. The number of rotatable bonds is 6. The van der Waals surface area contributed by atoms with Crippen molar-refractivity contribution in [3.8, 4) is 11.5 Å². The van der Waals surface area contributed by atoms with Crippen molar-refractivity contribution in [2.45, 2.75) is 13.1 Å². The number of hydrogen-bond donors (Lipinski definition) is 3. The Kier molecular flexibility index (Phi) is 5.70. The van der Waals surface area contributed by atoms with Crippen LogP contribution >= 0.6 is 11.3 Å². The molecule has 0 unspecified atom stereocenters. The Labute approximate surface area is 174 Å². The Morgan fingerprint density at radius 1 is 1.00 bits per heavy atom. The highest BCUT2D eigenvalue weighted by Gasteiger charge is 2.17. The maximum Gasteiger partial charge on any atom is 0.315 e. The van der Waals surface area contributed by atoms with Crippen molar-refractivity contribution in [1.82, 2.24) is 20.8 Å². The highest BCUT2D eigenvalue weighted by atomic mass is 32.1. The SMILES string of the molecule is O=C(NCc1ccc(F)cc1)NCc1nnc(C(=O)Nc2ccc3c(c2)OCO3)s1. The number of urea groups is 1. The van der Waals surface area contributed by atoms with E-state index in [1.165, 1.54) is 12.1 Å². The second-order valence-electron chi connectivity index (χ2n) is 6.19. The van der Waals surface area contributed by atoms with Gasteiger partial charge in [-0.25, -0.2) is 9.18 Å². The molecule has 30 heavy (non-hydrogen) atoms. The summed E-state index contributed by atoms with van der Waals surface area (Å²) >= 11 is 1.07. The van der Waals surface area contributed by atoms with E-state index < -0.39 is 11.9 Å². The van der Waals surface area contributed by atoms with Crippen molar-refractivity contribution in [1.29, 1.82) is 0 Å². The first kappa shape index (κ1) is 19.6. The molecule has 0 saturated heterocycles. The Hall–Kier alpha value is -3.73. The molecule has 1 aromatic heterocycles. The van der Waals surface area contributed by atoms with Crippen LogP contribution in [0, 0.1) is 5.82 Å². The number of nitrogens with one attached hydrogen (secondary N) is 3. The van der Waals surface area contributed by atoms with Gasteiger partial charge in [-0.1, -0.05) is 23.5 Å². The fourth-order valence-corrected chi connectivity index (χ4v) is 3.25. The van der Waals surface area contributed by atoms with Crippen molar-refractivity contribution in [3.63, 3.8) is 0 Å². The molecule has 1 aliphatic heterocycles. The molecule has 9 nitrogen and oxygen atoms in total. The monoisotopic (exact) mass is 429 g/mol. The average molecular weight is 429 g/mol. The van der Waals surface area contributed by atoms with Gasteiger partial charge in [-0.15, -0.1) is 10.2 Å². The summed E-state index contributed by atoms with van der Waals surface area (Å²) in [7, 11) is 0. The molecule has 2 heterocycles. The molecule has 0 saturated carbocycles. The Bertz CT molecular complexity index is 1070. The van der Waals surface area contributed by atoms with Gasteiger partial charge in [-0.05, 0) is 29.8 Å². The van der Waals surface area contributed by atoms with Gasteiger partial charge in [-0.2, -0.15) is 0 Å². The van der Waals surface area contributed by atoms with E-state index in [1.807, 2.05) is 0 Å². The Morgan fingerprint density at radius 2 is 1.77 bits per heavy atom. The lowest BCUT2D eigenvalue weighted by atomic mass is 10.2. The third kappa shape index (κ3) is 4.81. The summed E-state index contributed by atoms with van der Waals surface area (Å²) in [5.74, 6) is 0.424. The maximum atomic E-state index is 12.9. The number of benzene rings is 2. The molecule has 0 spiro atoms. The van der Waals surface area contributed by atoms with Crippen molar-refractivity contribution >= 4 is 29.0 Å². The van der Waals surface area contributed by atoms with Crippen LogP contribution in [0.2, 0.25) is 0 Å². The first-order valence-electron chi connectivity index (χ1n) is 8.86. The van der Waals surface area contributed by atoms with Crippen LogP contribution < -0.4 is 25.4 Å². The van der Waals surface area contributed by atoms with Gasteiger partial charge in [0.25, 0.3) is 5.91 Å². The van der Waals surface area contributed by atoms with Gasteiger partial charge in [0, 0.05) is 18.3 Å². The largest absolute Gasteiger partial charge is 0.454 e. The van der Waals surface area contributed by atoms with Crippen LogP contribution in [0.15, 0.2) is 42.5 Å². The van der Waals surface area contributed by atoms with Gasteiger partial charge in [0.05, 0.1) is 6.54 Å². The number of carbonyl (C=O) groups is 2. The van der Waals surface area contributed by atoms with E-state index in [0.29, 0.717) is 22.2 Å². The maximum absolute atomic E-state index is 12.9. The van der Waals surface area contributed by atoms with E-state index in [-0.39, 0.29) is 30.7 Å². The van der Waals surface area contributed by atoms with E-state index in [9.17, 15) is 14.0 Å². The van der Waals surface area contributed by atoms with Crippen LogP contribution in [-0.2, 0) is 13.1 Å². The predicted molar refractivity (Wildman–Crippen MR) is 106 cm³/mol. The highest BCUT2D eigenvalue weighted by molar-refractivity contribution is 7.13. The van der Waals surface area contributed by atoms with Gasteiger partial charge >= 0.3 is 6.03 Å². The first-order chi connectivity index (χ1) is 14.6. The lowest BCUT2D eigenvalue weighted by Crippen LogP contribution is -2.34. The van der Waals surface area contributed by atoms with E-state index >= 15 is 0 Å². The number of anilines is 1. The summed E-state index contributed by atoms with van der Waals surface area (Å²) in [6, 6.07) is 10.5. The van der Waals surface area contributed by atoms with Crippen LogP contribution in [0.4, 0.5) is 14.9 Å². The van der Waals surface area contributed by atoms with E-state index in [4.69, 9.17) is 9.47 Å². The van der Waals surface area contributed by atoms with Crippen molar-refractivity contribution in [3.05, 3.63) is 63.9 Å². The molecule has 1 aliphatic rings. The van der Waals surface area contributed by atoms with Gasteiger partial charge < -0.3 is 25.4 Å². The van der Waals surface area contributed by atoms with Gasteiger partial charge in [0.1, 0.15) is 10.8 Å². The molecule has 0 fully saturated rings. The second-order valence-corrected chi connectivity index (χ2v) is 7.25. The van der Waals surface area contributed by atoms with Crippen LogP contribution in [-0.4, -0.2) is 28.9 Å². The van der Waals surface area contributed by atoms with Crippen LogP contribution in [0.25, 0.3) is 0 Å². The smallest absolute Gasteiger partial charge is 0.315 e. The van der Waals surface area contributed by atoms with E-state index in [1.54, 1.807) is 30.3 Å². The zero-order valence-electron chi connectivity index (χ0n) is 15.5. The predicted octanol–water partition coefficient (Wildman–Crippen LogP) is 2.66. The summed E-state index contributed by atoms with van der Waals surface area (Å²) in [5.41, 5.74) is 1.31. The molecule has 0 aliphatic carbocycles. The topological polar surface area (TPSA) is 114 Å². The quantitative estimate of drug-likeness (QED) is 0.555. The number of halogens is 1. The molecule has 3 amide bonds. The number of aromatic nitrogens is 2. The van der Waals surface area contributed by atoms with Crippen molar-refractivity contribution < 1.29 is 23.5 Å². The van der Waals surface area contributed by atoms with E-state index in [2.05, 4.69) is 26.1 Å². The fraction of sp³-hybridized carbons (Fsp3) is 0.158. The van der Waals surface area contributed by atoms with Crippen molar-refractivity contribution in [2.75, 3.05) is 12.1 Å². The Morgan fingerprint density at radius 3 is 2.60 bits per heavy atom. The molecule has 2 aromatic carbocycles. The molecule has 4 rings (SSSR count). The third-order valence-electron chi connectivity index (χ3n) is 4.06. The molecule has 3 aromatic rings. The number of fused-ring (bicyclic) bond motifs is 1. The molecular formula is C19H16FN5O4S. The summed E-state index contributed by atoms with van der Waals surface area (Å²) in [5, 5.41) is 16.4. The molecule has 0 radical (unpaired) electrons. The van der Waals surface area contributed by atoms with Crippen LogP contribution in [0.1, 0.15) is 20.4 Å². The lowest BCUT2D eigenvalue weighted by molar-refractivity contribution is 0.102. The molecule has 154 valence electrons. The molecule has 3 N–H and O–H groups in total. The number of hydrogen-bond acceptors (Lipinski definition) is 7. The summed E-state index contributed by atoms with van der Waals surface area (Å²) < 4.78 is 23.4. The minimum absolute atomic E-state index is 0.115. The van der Waals surface area contributed by atoms with Gasteiger partial charge in [0.2, 0.25) is 11.8 Å². The normalized spacial score (nSPS) is 11.8. The standard InChI is InChI=1S/C19H16FN5O4S/c20-12-3-1-11(2-4-12)8-21-19(27)22-9-16-24-25-18(30-16)17(26)23-13-5-6-14-15(7-13)29-10-28-14/h1-7H,8-10H2,(H,23,26)(H2,21,22,27). The molecule has 0 atom stereocenters. The zero-order chi connectivity index (χ0) is 20.9. The van der Waals surface area contributed by atoms with Crippen molar-refractivity contribution in [2.24, 2.45) is 0 Å². The number of carbonyl (C=O) groups excluding carboxylic acids is 2. The molecule has 11 heteroatoms. The van der Waals surface area contributed by atoms with Gasteiger partial charge in [-0.3, -0.25) is 4.79 Å². The van der Waals surface area contributed by atoms with Crippen LogP contribution in [0.3, 0.4) is 0 Å². The van der Waals surface area contributed by atoms with E-state index in [0.717, 1.165) is 16.9 Å². The number of nitrogens with zero attached hydrogens (tertiary/aromatic N) is 2. The summed E-state index contributed by atoms with van der Waals surface area (Å²) in [6.45, 7) is 0.520. The first-order valence-corrected chi connectivity index (χ1v) is 9.68. The lowest BCUT2D eigenvalue weighted by Gasteiger charge is -2.06. The third-order valence-corrected chi connectivity index (χ3v) is 4.98. The van der Waals surface area contributed by atoms with Crippen LogP contribution in [0.5, 0.6) is 11.5 Å². The second kappa shape index (κ2) is 8.74. The highest BCUT2D eigenvalue weighted by Crippen LogP contribution is 2.34. The number of amides is 3. The fourth-order valence-electron chi connectivity index (χ4n) is 2.58. The minimum atomic E-state index is -0.418. The summed E-state index contributed by atoms with van der Waals surface area (Å²) in [4.78, 5) is 24.2. The average Bonchev–Trinajstić information content (AvgIpc) is 3.41. The minimum Gasteiger partial charge on any atom is -0.454 e. The number of ether oxygens (including phenoxy) is 2. The summed E-state index contributed by atoms with van der Waals surface area (Å²) in [6.07, 6.45) is 0.